The van der Waals surface area contributed by atoms with Crippen LogP contribution in [0.25, 0.3) is 0 Å². The molecule has 2 heterocycles. The Morgan fingerprint density at radius 3 is 2.50 bits per heavy atom. The maximum atomic E-state index is 14.7. The molecule has 0 aromatic heterocycles. The molecule has 2 aromatic rings. The van der Waals surface area contributed by atoms with Crippen LogP contribution in [0.2, 0.25) is 5.02 Å². The van der Waals surface area contributed by atoms with Gasteiger partial charge in [-0.1, -0.05) is 35.4 Å². The molecule has 3 amide bonds. The number of aryl methyl sites for hydroxylation is 1. The van der Waals surface area contributed by atoms with Gasteiger partial charge < -0.3 is 0 Å². The van der Waals surface area contributed by atoms with Gasteiger partial charge in [-0.2, -0.15) is 0 Å². The highest BCUT2D eigenvalue weighted by molar-refractivity contribution is 7.92. The van der Waals surface area contributed by atoms with E-state index in [0.717, 1.165) is 17.7 Å². The summed E-state index contributed by atoms with van der Waals surface area (Å²) in [6.45, 7) is 2.18. The zero-order valence-electron chi connectivity index (χ0n) is 15.9. The van der Waals surface area contributed by atoms with Crippen LogP contribution in [0.3, 0.4) is 0 Å². The van der Waals surface area contributed by atoms with Crippen LogP contribution in [0.15, 0.2) is 53.1 Å². The molecule has 0 bridgehead atoms. The molecule has 2 aliphatic rings. The molecule has 0 spiro atoms. The number of urea groups is 1. The molecule has 1 N–H and O–H groups in total. The zero-order chi connectivity index (χ0) is 21.6. The minimum Gasteiger partial charge on any atom is -0.289 e. The van der Waals surface area contributed by atoms with Crippen molar-refractivity contribution < 1.29 is 22.4 Å². The second-order valence-corrected chi connectivity index (χ2v) is 9.10. The number of hydrogen-bond acceptors (Lipinski definition) is 4. The van der Waals surface area contributed by atoms with E-state index in [-0.39, 0.29) is 27.0 Å². The van der Waals surface area contributed by atoms with Crippen molar-refractivity contribution in [3.63, 3.8) is 0 Å². The quantitative estimate of drug-likeness (QED) is 0.714. The molecule has 1 saturated heterocycles. The summed E-state index contributed by atoms with van der Waals surface area (Å²) in [5.41, 5.74) is 0.565. The van der Waals surface area contributed by atoms with Crippen LogP contribution in [0.4, 0.5) is 20.6 Å². The van der Waals surface area contributed by atoms with Gasteiger partial charge in [0, 0.05) is 6.54 Å². The summed E-state index contributed by atoms with van der Waals surface area (Å²) in [5, 5.41) is -0.206. The number of halogens is 2. The molecule has 156 valence electrons. The Morgan fingerprint density at radius 2 is 1.83 bits per heavy atom. The number of sulfonamides is 1. The Kier molecular flexibility index (Phi) is 5.03. The van der Waals surface area contributed by atoms with Crippen LogP contribution in [0, 0.1) is 12.7 Å². The SMILES string of the molecule is Cc1ccc(S(=O)(=O)Nc2cc(N3C(=O)C4=CCCCN4C3=O)c(F)cc2Cl)cc1. The van der Waals surface area contributed by atoms with Crippen molar-refractivity contribution in [3.8, 4) is 0 Å². The lowest BCUT2D eigenvalue weighted by Crippen LogP contribution is -2.34. The molecule has 30 heavy (non-hydrogen) atoms. The second kappa shape index (κ2) is 7.41. The van der Waals surface area contributed by atoms with E-state index in [4.69, 9.17) is 11.6 Å². The predicted molar refractivity (Wildman–Crippen MR) is 110 cm³/mol. The molecule has 2 aromatic carbocycles. The van der Waals surface area contributed by atoms with Crippen LogP contribution < -0.4 is 9.62 Å². The molecule has 0 aliphatic carbocycles. The fourth-order valence-corrected chi connectivity index (χ4v) is 4.69. The van der Waals surface area contributed by atoms with Crippen LogP contribution >= 0.6 is 11.6 Å². The second-order valence-electron chi connectivity index (χ2n) is 7.01. The van der Waals surface area contributed by atoms with Gasteiger partial charge in [0.1, 0.15) is 11.5 Å². The first-order valence-electron chi connectivity index (χ1n) is 9.14. The summed E-state index contributed by atoms with van der Waals surface area (Å²) in [6, 6.07) is 7.37. The number of benzene rings is 2. The number of carbonyl (C=O) groups excluding carboxylic acids is 2. The first kappa shape index (κ1) is 20.4. The molecule has 10 heteroatoms. The number of anilines is 2. The molecule has 0 saturated carbocycles. The summed E-state index contributed by atoms with van der Waals surface area (Å²) in [4.78, 5) is 27.4. The van der Waals surface area contributed by atoms with Gasteiger partial charge in [0.25, 0.3) is 15.9 Å². The van der Waals surface area contributed by atoms with Crippen molar-refractivity contribution in [2.75, 3.05) is 16.2 Å². The lowest BCUT2D eigenvalue weighted by atomic mass is 10.2. The maximum absolute atomic E-state index is 14.7. The molecular formula is C20H17ClFN3O4S. The molecular weight excluding hydrogens is 433 g/mol. The van der Waals surface area contributed by atoms with Crippen molar-refractivity contribution in [3.05, 3.63) is 64.6 Å². The standard InChI is InChI=1S/C20H17ClFN3O4S/c1-12-5-7-13(8-6-12)30(28,29)23-16-11-18(15(22)10-14(16)21)25-19(26)17-4-2-3-9-24(17)20(25)27/h4-8,10-11,23H,2-3,9H2,1H3. The average molecular weight is 450 g/mol. The van der Waals surface area contributed by atoms with Crippen LogP contribution in [0.1, 0.15) is 18.4 Å². The lowest BCUT2D eigenvalue weighted by molar-refractivity contribution is -0.114. The van der Waals surface area contributed by atoms with Gasteiger partial charge in [0.05, 0.1) is 21.3 Å². The van der Waals surface area contributed by atoms with Gasteiger partial charge in [-0.25, -0.2) is 22.5 Å². The van der Waals surface area contributed by atoms with Crippen molar-refractivity contribution in [1.82, 2.24) is 4.90 Å². The van der Waals surface area contributed by atoms with E-state index < -0.39 is 27.8 Å². The zero-order valence-corrected chi connectivity index (χ0v) is 17.4. The molecule has 1 fully saturated rings. The van der Waals surface area contributed by atoms with E-state index >= 15 is 0 Å². The highest BCUT2D eigenvalue weighted by Gasteiger charge is 2.43. The molecule has 0 radical (unpaired) electrons. The Balaban J connectivity index is 1.72. The number of hydrogen-bond donors (Lipinski definition) is 1. The van der Waals surface area contributed by atoms with Crippen molar-refractivity contribution in [2.24, 2.45) is 0 Å². The molecule has 0 atom stereocenters. The first-order valence-corrected chi connectivity index (χ1v) is 11.0. The molecule has 4 rings (SSSR count). The molecule has 0 unspecified atom stereocenters. The van der Waals surface area contributed by atoms with Crippen molar-refractivity contribution >= 4 is 44.9 Å². The summed E-state index contributed by atoms with van der Waals surface area (Å²) in [7, 11) is -4.02. The number of imide groups is 1. The van der Waals surface area contributed by atoms with Crippen molar-refractivity contribution in [2.45, 2.75) is 24.7 Å². The third-order valence-corrected chi connectivity index (χ3v) is 6.61. The largest absolute Gasteiger partial charge is 0.336 e. The maximum Gasteiger partial charge on any atom is 0.336 e. The Hall–Kier alpha value is -2.91. The molecule has 2 aliphatic heterocycles. The predicted octanol–water partition coefficient (Wildman–Crippen LogP) is 4.03. The summed E-state index contributed by atoms with van der Waals surface area (Å²) >= 11 is 6.04. The third-order valence-electron chi connectivity index (χ3n) is 4.91. The van der Waals surface area contributed by atoms with Gasteiger partial charge >= 0.3 is 6.03 Å². The highest BCUT2D eigenvalue weighted by Crippen LogP contribution is 2.36. The number of amides is 3. The van der Waals surface area contributed by atoms with Gasteiger partial charge in [-0.3, -0.25) is 14.4 Å². The van der Waals surface area contributed by atoms with Crippen molar-refractivity contribution in [1.29, 1.82) is 0 Å². The van der Waals surface area contributed by atoms with E-state index in [9.17, 15) is 22.4 Å². The number of nitrogens with zero attached hydrogens (tertiary/aromatic N) is 2. The van der Waals surface area contributed by atoms with Gasteiger partial charge in [0.2, 0.25) is 0 Å². The first-order chi connectivity index (χ1) is 14.2. The van der Waals surface area contributed by atoms with Crippen LogP contribution in [0.5, 0.6) is 0 Å². The average Bonchev–Trinajstić information content (AvgIpc) is 2.95. The minimum atomic E-state index is -4.02. The summed E-state index contributed by atoms with van der Waals surface area (Å²) < 4.78 is 42.3. The van der Waals surface area contributed by atoms with Gasteiger partial charge in [-0.15, -0.1) is 0 Å². The number of nitrogens with one attached hydrogen (secondary N) is 1. The summed E-state index contributed by atoms with van der Waals surface area (Å²) in [6.07, 6.45) is 2.98. The smallest absolute Gasteiger partial charge is 0.289 e. The van der Waals surface area contributed by atoms with E-state index in [1.807, 2.05) is 6.92 Å². The van der Waals surface area contributed by atoms with E-state index in [2.05, 4.69) is 4.72 Å². The fourth-order valence-electron chi connectivity index (χ4n) is 3.36. The van der Waals surface area contributed by atoms with Gasteiger partial charge in [-0.05, 0) is 44.0 Å². The normalized spacial score (nSPS) is 16.6. The van der Waals surface area contributed by atoms with Crippen LogP contribution in [-0.2, 0) is 14.8 Å². The fraction of sp³-hybridized carbons (Fsp3) is 0.200. The Labute approximate surface area is 177 Å². The van der Waals surface area contributed by atoms with E-state index in [0.29, 0.717) is 24.3 Å². The summed E-state index contributed by atoms with van der Waals surface area (Å²) in [5.74, 6) is -1.58. The van der Waals surface area contributed by atoms with E-state index in [1.54, 1.807) is 18.2 Å². The third kappa shape index (κ3) is 3.44. The van der Waals surface area contributed by atoms with E-state index in [1.165, 1.54) is 17.0 Å². The minimum absolute atomic E-state index is 0.00865. The molecule has 7 nitrogen and oxygen atoms in total. The van der Waals surface area contributed by atoms with Crippen LogP contribution in [-0.4, -0.2) is 31.8 Å². The highest BCUT2D eigenvalue weighted by atomic mass is 35.5. The number of fused-ring (bicyclic) bond motifs is 1. The number of rotatable bonds is 4. The Bertz CT molecular complexity index is 1200. The Morgan fingerprint density at radius 1 is 1.13 bits per heavy atom. The lowest BCUT2D eigenvalue weighted by Gasteiger charge is -2.20. The topological polar surface area (TPSA) is 86.8 Å². The number of carbonyl (C=O) groups is 2. The number of allylic oxidation sites excluding steroid dienone is 1. The van der Waals surface area contributed by atoms with Gasteiger partial charge in [0.15, 0.2) is 0 Å². The monoisotopic (exact) mass is 449 g/mol.